The third-order valence-corrected chi connectivity index (χ3v) is 3.27. The zero-order valence-electron chi connectivity index (χ0n) is 9.32. The van der Waals surface area contributed by atoms with Gasteiger partial charge < -0.3 is 9.80 Å². The molecule has 0 spiro atoms. The lowest BCUT2D eigenvalue weighted by molar-refractivity contribution is -0.157. The summed E-state index contributed by atoms with van der Waals surface area (Å²) in [6.45, 7) is 1.45. The van der Waals surface area contributed by atoms with Gasteiger partial charge in [-0.15, -0.1) is 12.3 Å². The highest BCUT2D eigenvalue weighted by atomic mass is 16.2. The predicted octanol–water partition coefficient (Wildman–Crippen LogP) is 0.233. The van der Waals surface area contributed by atoms with Crippen LogP contribution in [0.4, 0.5) is 0 Å². The fraction of sp³-hybridized carbons (Fsp3) is 0.667. The van der Waals surface area contributed by atoms with E-state index in [1.165, 1.54) is 0 Å². The van der Waals surface area contributed by atoms with Crippen molar-refractivity contribution in [1.82, 2.24) is 9.80 Å². The van der Waals surface area contributed by atoms with Crippen LogP contribution in [0.2, 0.25) is 0 Å². The number of terminal acetylenes is 1. The van der Waals surface area contributed by atoms with E-state index in [9.17, 15) is 9.59 Å². The molecule has 2 amide bonds. The maximum Gasteiger partial charge on any atom is 0.245 e. The second kappa shape index (κ2) is 4.56. The molecular formula is C12H16N2O2. The van der Waals surface area contributed by atoms with E-state index in [0.717, 1.165) is 25.8 Å². The molecule has 2 heterocycles. The van der Waals surface area contributed by atoms with Crippen molar-refractivity contribution in [2.75, 3.05) is 19.6 Å². The Balaban J connectivity index is 2.07. The number of hydrogen-bond donors (Lipinski definition) is 0. The van der Waals surface area contributed by atoms with E-state index in [0.29, 0.717) is 13.0 Å². The molecule has 2 aliphatic rings. The predicted molar refractivity (Wildman–Crippen MR) is 59.4 cm³/mol. The molecule has 0 radical (unpaired) electrons. The maximum absolute atomic E-state index is 12.1. The highest BCUT2D eigenvalue weighted by molar-refractivity contribution is 5.95. The topological polar surface area (TPSA) is 40.6 Å². The van der Waals surface area contributed by atoms with Crippen LogP contribution in [0.25, 0.3) is 0 Å². The Morgan fingerprint density at radius 1 is 1.38 bits per heavy atom. The van der Waals surface area contributed by atoms with Crippen LogP contribution in [-0.4, -0.2) is 47.3 Å². The Morgan fingerprint density at radius 3 is 2.94 bits per heavy atom. The summed E-state index contributed by atoms with van der Waals surface area (Å²) in [7, 11) is 0. The number of piperazine rings is 1. The van der Waals surface area contributed by atoms with Gasteiger partial charge in [-0.3, -0.25) is 9.59 Å². The van der Waals surface area contributed by atoms with Crippen molar-refractivity contribution in [2.45, 2.75) is 31.7 Å². The smallest absolute Gasteiger partial charge is 0.245 e. The average molecular weight is 220 g/mol. The van der Waals surface area contributed by atoms with Crippen molar-refractivity contribution in [3.05, 3.63) is 0 Å². The first kappa shape index (κ1) is 11.0. The molecule has 2 fully saturated rings. The van der Waals surface area contributed by atoms with Crippen LogP contribution in [0.3, 0.4) is 0 Å². The Hall–Kier alpha value is -1.50. The SMILES string of the molecule is C#CCCN1CC(=O)N2CCCCC2C1=O. The molecule has 1 atom stereocenters. The Bertz CT molecular complexity index is 345. The fourth-order valence-electron chi connectivity index (χ4n) is 2.42. The lowest BCUT2D eigenvalue weighted by Crippen LogP contribution is -2.61. The Morgan fingerprint density at radius 2 is 2.19 bits per heavy atom. The van der Waals surface area contributed by atoms with E-state index in [1.54, 1.807) is 9.80 Å². The van der Waals surface area contributed by atoms with Gasteiger partial charge >= 0.3 is 0 Å². The summed E-state index contributed by atoms with van der Waals surface area (Å²) in [6.07, 6.45) is 8.54. The molecule has 0 aromatic rings. The van der Waals surface area contributed by atoms with Gasteiger partial charge in [0.05, 0.1) is 6.54 Å². The van der Waals surface area contributed by atoms with Crippen LogP contribution in [0.1, 0.15) is 25.7 Å². The van der Waals surface area contributed by atoms with Crippen LogP contribution in [0.5, 0.6) is 0 Å². The lowest BCUT2D eigenvalue weighted by Gasteiger charge is -2.42. The van der Waals surface area contributed by atoms with Gasteiger partial charge in [-0.2, -0.15) is 0 Å². The number of amides is 2. The molecule has 0 saturated carbocycles. The number of hydrogen-bond acceptors (Lipinski definition) is 2. The van der Waals surface area contributed by atoms with E-state index in [2.05, 4.69) is 5.92 Å². The van der Waals surface area contributed by atoms with Gasteiger partial charge in [0.2, 0.25) is 11.8 Å². The van der Waals surface area contributed by atoms with Crippen LogP contribution < -0.4 is 0 Å². The van der Waals surface area contributed by atoms with Gasteiger partial charge in [-0.25, -0.2) is 0 Å². The minimum atomic E-state index is -0.215. The highest BCUT2D eigenvalue weighted by Gasteiger charge is 2.39. The Kier molecular flexibility index (Phi) is 3.14. The summed E-state index contributed by atoms with van der Waals surface area (Å²) in [5.74, 6) is 2.65. The summed E-state index contributed by atoms with van der Waals surface area (Å²) in [4.78, 5) is 27.2. The van der Waals surface area contributed by atoms with Crippen molar-refractivity contribution < 1.29 is 9.59 Å². The van der Waals surface area contributed by atoms with E-state index in [4.69, 9.17) is 6.42 Å². The molecule has 2 saturated heterocycles. The normalized spacial score (nSPS) is 25.3. The van der Waals surface area contributed by atoms with Crippen LogP contribution in [0, 0.1) is 12.3 Å². The summed E-state index contributed by atoms with van der Waals surface area (Å²) in [5, 5.41) is 0. The maximum atomic E-state index is 12.1. The quantitative estimate of drug-likeness (QED) is 0.625. The van der Waals surface area contributed by atoms with Crippen LogP contribution in [-0.2, 0) is 9.59 Å². The van der Waals surface area contributed by atoms with E-state index >= 15 is 0 Å². The summed E-state index contributed by atoms with van der Waals surface area (Å²) in [6, 6.07) is -0.215. The van der Waals surface area contributed by atoms with Gasteiger partial charge in [0.15, 0.2) is 0 Å². The number of piperidine rings is 1. The largest absolute Gasteiger partial charge is 0.331 e. The van der Waals surface area contributed by atoms with E-state index < -0.39 is 0 Å². The van der Waals surface area contributed by atoms with Crippen LogP contribution >= 0.6 is 0 Å². The molecule has 1 unspecified atom stereocenters. The molecule has 0 aromatic heterocycles. The zero-order valence-corrected chi connectivity index (χ0v) is 9.32. The monoisotopic (exact) mass is 220 g/mol. The first-order valence-electron chi connectivity index (χ1n) is 5.76. The van der Waals surface area contributed by atoms with E-state index in [1.807, 2.05) is 0 Å². The van der Waals surface area contributed by atoms with Gasteiger partial charge in [0.25, 0.3) is 0 Å². The molecule has 0 N–H and O–H groups in total. The van der Waals surface area contributed by atoms with Gasteiger partial charge in [-0.1, -0.05) is 0 Å². The molecule has 0 bridgehead atoms. The van der Waals surface area contributed by atoms with Crippen molar-refractivity contribution in [1.29, 1.82) is 0 Å². The average Bonchev–Trinajstić information content (AvgIpc) is 2.32. The molecule has 0 aromatic carbocycles. The molecule has 4 heteroatoms. The molecule has 4 nitrogen and oxygen atoms in total. The molecule has 86 valence electrons. The number of rotatable bonds is 2. The van der Waals surface area contributed by atoms with Gasteiger partial charge in [-0.05, 0) is 19.3 Å². The minimum absolute atomic E-state index is 0.0707. The third kappa shape index (κ3) is 1.90. The minimum Gasteiger partial charge on any atom is -0.331 e. The molecular weight excluding hydrogens is 204 g/mol. The molecule has 2 aliphatic heterocycles. The molecule has 2 rings (SSSR count). The fourth-order valence-corrected chi connectivity index (χ4v) is 2.42. The van der Waals surface area contributed by atoms with Crippen molar-refractivity contribution in [3.8, 4) is 12.3 Å². The van der Waals surface area contributed by atoms with Gasteiger partial charge in [0, 0.05) is 19.5 Å². The van der Waals surface area contributed by atoms with Crippen molar-refractivity contribution in [3.63, 3.8) is 0 Å². The first-order valence-corrected chi connectivity index (χ1v) is 5.76. The molecule has 16 heavy (non-hydrogen) atoms. The number of carbonyl (C=O) groups is 2. The van der Waals surface area contributed by atoms with Crippen LogP contribution in [0.15, 0.2) is 0 Å². The Labute approximate surface area is 95.6 Å². The second-order valence-corrected chi connectivity index (χ2v) is 4.31. The standard InChI is InChI=1S/C12H16N2O2/c1-2-3-7-13-9-11(15)14-8-5-4-6-10(14)12(13)16/h1,10H,3-9H2. The van der Waals surface area contributed by atoms with Crippen molar-refractivity contribution >= 4 is 11.8 Å². The summed E-state index contributed by atoms with van der Waals surface area (Å²) < 4.78 is 0. The van der Waals surface area contributed by atoms with E-state index in [-0.39, 0.29) is 24.4 Å². The number of fused-ring (bicyclic) bond motifs is 1. The number of carbonyl (C=O) groups excluding carboxylic acids is 2. The summed E-state index contributed by atoms with van der Waals surface area (Å²) in [5.41, 5.74) is 0. The zero-order chi connectivity index (χ0) is 11.5. The highest BCUT2D eigenvalue weighted by Crippen LogP contribution is 2.22. The second-order valence-electron chi connectivity index (χ2n) is 4.31. The van der Waals surface area contributed by atoms with Gasteiger partial charge in [0.1, 0.15) is 6.04 Å². The number of nitrogens with zero attached hydrogens (tertiary/aromatic N) is 2. The van der Waals surface area contributed by atoms with Crippen molar-refractivity contribution in [2.24, 2.45) is 0 Å². The third-order valence-electron chi connectivity index (χ3n) is 3.27. The summed E-state index contributed by atoms with van der Waals surface area (Å²) >= 11 is 0. The first-order chi connectivity index (χ1) is 7.74. The lowest BCUT2D eigenvalue weighted by atomic mass is 9.98. The molecule has 0 aliphatic carbocycles.